The van der Waals surface area contributed by atoms with E-state index in [1.807, 2.05) is 55.5 Å². The third-order valence-electron chi connectivity index (χ3n) is 3.88. The van der Waals surface area contributed by atoms with Gasteiger partial charge in [-0.15, -0.1) is 11.3 Å². The number of rotatable bonds is 6. The van der Waals surface area contributed by atoms with Crippen molar-refractivity contribution in [2.45, 2.75) is 32.8 Å². The SMILES string of the molecule is Cc1ccc(NC(=O)[C@@H](C)OC(=O)CCc2nc3ccccc3s2)cc1. The van der Waals surface area contributed by atoms with Crippen molar-refractivity contribution >= 4 is 39.1 Å². The van der Waals surface area contributed by atoms with E-state index in [2.05, 4.69) is 10.3 Å². The summed E-state index contributed by atoms with van der Waals surface area (Å²) in [5, 5.41) is 3.63. The van der Waals surface area contributed by atoms with Crippen LogP contribution in [0.5, 0.6) is 0 Å². The second kappa shape index (κ2) is 8.10. The van der Waals surface area contributed by atoms with Gasteiger partial charge in [0.2, 0.25) is 0 Å². The molecule has 3 rings (SSSR count). The summed E-state index contributed by atoms with van der Waals surface area (Å²) in [5.41, 5.74) is 2.72. The zero-order valence-electron chi connectivity index (χ0n) is 14.7. The summed E-state index contributed by atoms with van der Waals surface area (Å²) in [7, 11) is 0. The van der Waals surface area contributed by atoms with Gasteiger partial charge in [0.05, 0.1) is 21.6 Å². The molecule has 1 atom stereocenters. The van der Waals surface area contributed by atoms with Crippen molar-refractivity contribution in [1.29, 1.82) is 0 Å². The van der Waals surface area contributed by atoms with Gasteiger partial charge in [-0.25, -0.2) is 4.98 Å². The molecule has 0 unspecified atom stereocenters. The molecule has 26 heavy (non-hydrogen) atoms. The van der Waals surface area contributed by atoms with Gasteiger partial charge in [-0.2, -0.15) is 0 Å². The van der Waals surface area contributed by atoms with Gasteiger partial charge in [-0.1, -0.05) is 29.8 Å². The lowest BCUT2D eigenvalue weighted by Gasteiger charge is -2.13. The number of nitrogens with zero attached hydrogens (tertiary/aromatic N) is 1. The van der Waals surface area contributed by atoms with Gasteiger partial charge >= 0.3 is 5.97 Å². The van der Waals surface area contributed by atoms with Gasteiger partial charge in [0, 0.05) is 12.1 Å². The number of aryl methyl sites for hydroxylation is 2. The maximum atomic E-state index is 12.1. The highest BCUT2D eigenvalue weighted by atomic mass is 32.1. The van der Waals surface area contributed by atoms with Crippen LogP contribution in [0.15, 0.2) is 48.5 Å². The minimum Gasteiger partial charge on any atom is -0.453 e. The lowest BCUT2D eigenvalue weighted by atomic mass is 10.2. The quantitative estimate of drug-likeness (QED) is 0.665. The number of fused-ring (bicyclic) bond motifs is 1. The van der Waals surface area contributed by atoms with Crippen molar-refractivity contribution in [3.8, 4) is 0 Å². The average molecular weight is 368 g/mol. The van der Waals surface area contributed by atoms with E-state index in [4.69, 9.17) is 4.74 Å². The van der Waals surface area contributed by atoms with E-state index in [0.29, 0.717) is 12.1 Å². The lowest BCUT2D eigenvalue weighted by molar-refractivity contribution is -0.153. The molecule has 0 aliphatic heterocycles. The van der Waals surface area contributed by atoms with Crippen LogP contribution in [0.25, 0.3) is 10.2 Å². The Balaban J connectivity index is 1.48. The molecule has 6 heteroatoms. The van der Waals surface area contributed by atoms with Gasteiger partial charge < -0.3 is 10.1 Å². The molecular formula is C20H20N2O3S. The predicted octanol–water partition coefficient (Wildman–Crippen LogP) is 4.11. The Morgan fingerprint density at radius 1 is 1.15 bits per heavy atom. The number of amides is 1. The standard InChI is InChI=1S/C20H20N2O3S/c1-13-7-9-15(10-8-13)21-20(24)14(2)25-19(23)12-11-18-22-16-5-3-4-6-17(16)26-18/h3-10,14H,11-12H2,1-2H3,(H,21,24)/t14-/m1/s1. The molecule has 0 radical (unpaired) electrons. The topological polar surface area (TPSA) is 68.3 Å². The van der Waals surface area contributed by atoms with E-state index >= 15 is 0 Å². The number of hydrogen-bond donors (Lipinski definition) is 1. The highest BCUT2D eigenvalue weighted by Crippen LogP contribution is 2.22. The molecule has 1 N–H and O–H groups in total. The minimum absolute atomic E-state index is 0.196. The molecule has 0 fully saturated rings. The number of carbonyl (C=O) groups excluding carboxylic acids is 2. The fourth-order valence-electron chi connectivity index (χ4n) is 2.43. The molecule has 2 aromatic carbocycles. The number of nitrogens with one attached hydrogen (secondary N) is 1. The summed E-state index contributed by atoms with van der Waals surface area (Å²) < 4.78 is 6.33. The third-order valence-corrected chi connectivity index (χ3v) is 4.97. The fraction of sp³-hybridized carbons (Fsp3) is 0.250. The van der Waals surface area contributed by atoms with Crippen LogP contribution < -0.4 is 5.32 Å². The van der Waals surface area contributed by atoms with Crippen molar-refractivity contribution in [2.75, 3.05) is 5.32 Å². The van der Waals surface area contributed by atoms with Crippen molar-refractivity contribution in [3.05, 3.63) is 59.1 Å². The Morgan fingerprint density at radius 2 is 1.88 bits per heavy atom. The number of thiazole rings is 1. The van der Waals surface area contributed by atoms with E-state index < -0.39 is 12.1 Å². The van der Waals surface area contributed by atoms with Gasteiger partial charge in [0.15, 0.2) is 6.10 Å². The summed E-state index contributed by atoms with van der Waals surface area (Å²) >= 11 is 1.57. The number of benzene rings is 2. The second-order valence-electron chi connectivity index (χ2n) is 6.06. The van der Waals surface area contributed by atoms with E-state index in [9.17, 15) is 9.59 Å². The Bertz CT molecular complexity index is 885. The molecule has 0 saturated heterocycles. The van der Waals surface area contributed by atoms with Crippen molar-refractivity contribution in [1.82, 2.24) is 4.98 Å². The molecule has 1 amide bonds. The molecule has 1 aromatic heterocycles. The van der Waals surface area contributed by atoms with Crippen LogP contribution >= 0.6 is 11.3 Å². The molecule has 0 aliphatic rings. The minimum atomic E-state index is -0.848. The molecule has 1 heterocycles. The highest BCUT2D eigenvalue weighted by molar-refractivity contribution is 7.18. The zero-order valence-corrected chi connectivity index (χ0v) is 15.5. The normalized spacial score (nSPS) is 11.9. The summed E-state index contributed by atoms with van der Waals surface area (Å²) in [6.45, 7) is 3.54. The van der Waals surface area contributed by atoms with E-state index in [-0.39, 0.29) is 12.3 Å². The van der Waals surface area contributed by atoms with E-state index in [1.54, 1.807) is 18.3 Å². The number of anilines is 1. The maximum Gasteiger partial charge on any atom is 0.306 e. The predicted molar refractivity (Wildman–Crippen MR) is 103 cm³/mol. The van der Waals surface area contributed by atoms with Crippen LogP contribution in [0, 0.1) is 6.92 Å². The lowest BCUT2D eigenvalue weighted by Crippen LogP contribution is -2.30. The molecule has 3 aromatic rings. The summed E-state index contributed by atoms with van der Waals surface area (Å²) in [6, 6.07) is 15.3. The number of ether oxygens (including phenoxy) is 1. The summed E-state index contributed by atoms with van der Waals surface area (Å²) in [6.07, 6.45) is -0.147. The summed E-state index contributed by atoms with van der Waals surface area (Å²) in [4.78, 5) is 28.6. The summed E-state index contributed by atoms with van der Waals surface area (Å²) in [5.74, 6) is -0.752. The van der Waals surface area contributed by atoms with Crippen molar-refractivity contribution in [2.24, 2.45) is 0 Å². The zero-order chi connectivity index (χ0) is 18.5. The van der Waals surface area contributed by atoms with Crippen LogP contribution in [-0.2, 0) is 20.7 Å². The Kier molecular flexibility index (Phi) is 5.63. The number of carbonyl (C=O) groups is 2. The monoisotopic (exact) mass is 368 g/mol. The molecule has 0 aliphatic carbocycles. The fourth-order valence-corrected chi connectivity index (χ4v) is 3.39. The van der Waals surface area contributed by atoms with Gasteiger partial charge in [-0.3, -0.25) is 9.59 Å². The van der Waals surface area contributed by atoms with Crippen molar-refractivity contribution < 1.29 is 14.3 Å². The first-order valence-corrected chi connectivity index (χ1v) is 9.24. The Labute approximate surface area is 156 Å². The Hall–Kier alpha value is -2.73. The molecular weight excluding hydrogens is 348 g/mol. The van der Waals surface area contributed by atoms with Crippen LogP contribution in [0.2, 0.25) is 0 Å². The van der Waals surface area contributed by atoms with Crippen molar-refractivity contribution in [3.63, 3.8) is 0 Å². The number of hydrogen-bond acceptors (Lipinski definition) is 5. The smallest absolute Gasteiger partial charge is 0.306 e. The number of para-hydroxylation sites is 1. The average Bonchev–Trinajstić information content (AvgIpc) is 3.05. The van der Waals surface area contributed by atoms with Crippen LogP contribution in [0.3, 0.4) is 0 Å². The maximum absolute atomic E-state index is 12.1. The van der Waals surface area contributed by atoms with Crippen LogP contribution in [0.4, 0.5) is 5.69 Å². The molecule has 5 nitrogen and oxygen atoms in total. The van der Waals surface area contributed by atoms with Gasteiger partial charge in [0.1, 0.15) is 0 Å². The molecule has 0 saturated carbocycles. The molecule has 134 valence electrons. The number of aromatic nitrogens is 1. The third kappa shape index (κ3) is 4.67. The highest BCUT2D eigenvalue weighted by Gasteiger charge is 2.18. The Morgan fingerprint density at radius 3 is 2.62 bits per heavy atom. The number of esters is 1. The van der Waals surface area contributed by atoms with E-state index in [1.165, 1.54) is 0 Å². The van der Waals surface area contributed by atoms with E-state index in [0.717, 1.165) is 20.8 Å². The molecule has 0 spiro atoms. The first-order valence-electron chi connectivity index (χ1n) is 8.43. The first kappa shape index (κ1) is 18.1. The van der Waals surface area contributed by atoms with Crippen LogP contribution in [0.1, 0.15) is 23.9 Å². The molecule has 0 bridgehead atoms. The van der Waals surface area contributed by atoms with Crippen LogP contribution in [-0.4, -0.2) is 23.0 Å². The second-order valence-corrected chi connectivity index (χ2v) is 7.18. The van der Waals surface area contributed by atoms with Gasteiger partial charge in [0.25, 0.3) is 5.91 Å². The largest absolute Gasteiger partial charge is 0.453 e. The van der Waals surface area contributed by atoms with Gasteiger partial charge in [-0.05, 0) is 38.1 Å². The first-order chi connectivity index (χ1) is 12.5.